The Balaban J connectivity index is 2.40. The van der Waals surface area contributed by atoms with E-state index < -0.39 is 0 Å². The second-order valence-corrected chi connectivity index (χ2v) is 4.65. The summed E-state index contributed by atoms with van der Waals surface area (Å²) in [6.45, 7) is 2.04. The fourth-order valence-corrected chi connectivity index (χ4v) is 1.99. The van der Waals surface area contributed by atoms with Crippen LogP contribution in [0.3, 0.4) is 0 Å². The molecule has 0 radical (unpaired) electrons. The lowest BCUT2D eigenvalue weighted by Gasteiger charge is -2.13. The average molecular weight is 216 g/mol. The molecule has 0 unspecified atom stereocenters. The van der Waals surface area contributed by atoms with Crippen molar-refractivity contribution < 1.29 is 0 Å². The molecule has 0 spiro atoms. The highest BCUT2D eigenvalue weighted by Crippen LogP contribution is 2.41. The highest BCUT2D eigenvalue weighted by molar-refractivity contribution is 5.76. The molecule has 1 fully saturated rings. The molecule has 0 amide bonds. The molecule has 1 saturated carbocycles. The van der Waals surface area contributed by atoms with Crippen LogP contribution in [-0.4, -0.2) is 9.55 Å². The van der Waals surface area contributed by atoms with Gasteiger partial charge in [-0.3, -0.25) is 9.59 Å². The number of hydrogen-bond acceptors (Lipinski definition) is 2. The topological polar surface area (TPSA) is 54.9 Å². The first-order valence-corrected chi connectivity index (χ1v) is 5.35. The Morgan fingerprint density at radius 2 is 2.12 bits per heavy atom. The van der Waals surface area contributed by atoms with Crippen molar-refractivity contribution in [1.82, 2.24) is 9.55 Å². The molecule has 1 aliphatic carbocycles. The molecule has 1 N–H and O–H groups in total. The molecule has 0 saturated heterocycles. The highest BCUT2D eigenvalue weighted by Gasteiger charge is 2.39. The number of pyridine rings is 2. The second-order valence-electron chi connectivity index (χ2n) is 4.65. The molecule has 2 heterocycles. The summed E-state index contributed by atoms with van der Waals surface area (Å²) < 4.78 is 1.69. The molecule has 0 bridgehead atoms. The van der Waals surface area contributed by atoms with Crippen LogP contribution in [0.1, 0.15) is 19.8 Å². The van der Waals surface area contributed by atoms with Crippen LogP contribution in [0.5, 0.6) is 0 Å². The predicted molar refractivity (Wildman–Crippen MR) is 61.7 cm³/mol. The third-order valence-corrected chi connectivity index (χ3v) is 3.35. The van der Waals surface area contributed by atoms with Crippen molar-refractivity contribution in [2.75, 3.05) is 0 Å². The molecule has 4 nitrogen and oxygen atoms in total. The first-order valence-electron chi connectivity index (χ1n) is 5.35. The molecule has 0 aliphatic heterocycles. The van der Waals surface area contributed by atoms with Crippen molar-refractivity contribution in [2.45, 2.75) is 25.3 Å². The van der Waals surface area contributed by atoms with Crippen LogP contribution in [0.25, 0.3) is 10.9 Å². The van der Waals surface area contributed by atoms with Crippen molar-refractivity contribution in [3.05, 3.63) is 45.1 Å². The van der Waals surface area contributed by atoms with Gasteiger partial charge in [0.15, 0.2) is 5.43 Å². The van der Waals surface area contributed by atoms with Crippen LogP contribution in [0.4, 0.5) is 0 Å². The van der Waals surface area contributed by atoms with Crippen LogP contribution in [-0.2, 0) is 5.54 Å². The second kappa shape index (κ2) is 2.84. The van der Waals surface area contributed by atoms with E-state index in [4.69, 9.17) is 0 Å². The zero-order chi connectivity index (χ0) is 11.3. The van der Waals surface area contributed by atoms with Gasteiger partial charge in [0.1, 0.15) is 0 Å². The number of aromatic amines is 1. The van der Waals surface area contributed by atoms with E-state index in [0.717, 1.165) is 12.8 Å². The van der Waals surface area contributed by atoms with E-state index in [1.54, 1.807) is 17.0 Å². The average Bonchev–Trinajstić information content (AvgIpc) is 2.97. The van der Waals surface area contributed by atoms with Crippen molar-refractivity contribution in [2.24, 2.45) is 0 Å². The quantitative estimate of drug-likeness (QED) is 0.778. The van der Waals surface area contributed by atoms with Crippen LogP contribution in [0.2, 0.25) is 0 Å². The van der Waals surface area contributed by atoms with E-state index >= 15 is 0 Å². The summed E-state index contributed by atoms with van der Waals surface area (Å²) >= 11 is 0. The van der Waals surface area contributed by atoms with E-state index in [9.17, 15) is 9.59 Å². The van der Waals surface area contributed by atoms with Gasteiger partial charge in [-0.15, -0.1) is 0 Å². The largest absolute Gasteiger partial charge is 0.361 e. The maximum Gasteiger partial charge on any atom is 0.253 e. The third kappa shape index (κ3) is 1.23. The lowest BCUT2D eigenvalue weighted by atomic mass is 10.2. The Bertz CT molecular complexity index is 677. The number of H-pyrrole nitrogens is 1. The first-order chi connectivity index (χ1) is 7.60. The number of rotatable bonds is 1. The summed E-state index contributed by atoms with van der Waals surface area (Å²) in [5, 5.41) is 0.579. The molecule has 16 heavy (non-hydrogen) atoms. The monoisotopic (exact) mass is 216 g/mol. The smallest absolute Gasteiger partial charge is 0.253 e. The summed E-state index contributed by atoms with van der Waals surface area (Å²) in [7, 11) is 0. The summed E-state index contributed by atoms with van der Waals surface area (Å²) in [4.78, 5) is 26.4. The lowest BCUT2D eigenvalue weighted by Crippen LogP contribution is -2.28. The number of nitrogens with one attached hydrogen (secondary N) is 1. The molecule has 0 aromatic carbocycles. The van der Waals surface area contributed by atoms with Gasteiger partial charge in [-0.25, -0.2) is 0 Å². The summed E-state index contributed by atoms with van der Waals surface area (Å²) in [6.07, 6.45) is 5.25. The minimum absolute atomic E-state index is 0.0469. The van der Waals surface area contributed by atoms with E-state index in [0.29, 0.717) is 10.9 Å². The number of aromatic nitrogens is 2. The van der Waals surface area contributed by atoms with Gasteiger partial charge < -0.3 is 9.55 Å². The number of fused-ring (bicyclic) bond motifs is 1. The fraction of sp³-hybridized carbons (Fsp3) is 0.333. The maximum atomic E-state index is 11.9. The van der Waals surface area contributed by atoms with Crippen molar-refractivity contribution >= 4 is 10.9 Å². The van der Waals surface area contributed by atoms with Gasteiger partial charge in [-0.2, -0.15) is 0 Å². The van der Waals surface area contributed by atoms with Crippen LogP contribution in [0.15, 0.2) is 34.1 Å². The molecule has 1 aliphatic rings. The number of hydrogen-bond donors (Lipinski definition) is 1. The van der Waals surface area contributed by atoms with Crippen LogP contribution >= 0.6 is 0 Å². The standard InChI is InChI=1S/C12H12N2O2/c1-12(3-4-12)14-7-8-9(6-11(14)16)13-5-2-10(8)15/h2,5-7,13H,3-4H2,1H3. The Morgan fingerprint density at radius 1 is 1.38 bits per heavy atom. The molecule has 0 atom stereocenters. The Kier molecular flexibility index (Phi) is 1.67. The predicted octanol–water partition coefficient (Wildman–Crippen LogP) is 1.20. The van der Waals surface area contributed by atoms with Gasteiger partial charge in [0.25, 0.3) is 5.56 Å². The zero-order valence-corrected chi connectivity index (χ0v) is 8.99. The zero-order valence-electron chi connectivity index (χ0n) is 8.99. The normalized spacial score (nSPS) is 17.6. The van der Waals surface area contributed by atoms with Gasteiger partial charge in [0.05, 0.1) is 10.9 Å². The summed E-state index contributed by atoms with van der Waals surface area (Å²) in [5.41, 5.74) is 0.437. The molecule has 3 rings (SSSR count). The summed E-state index contributed by atoms with van der Waals surface area (Å²) in [6, 6.07) is 2.98. The van der Waals surface area contributed by atoms with E-state index in [1.165, 1.54) is 12.1 Å². The van der Waals surface area contributed by atoms with Gasteiger partial charge in [-0.05, 0) is 19.8 Å². The highest BCUT2D eigenvalue weighted by atomic mass is 16.1. The maximum absolute atomic E-state index is 11.9. The van der Waals surface area contributed by atoms with Crippen LogP contribution in [0, 0.1) is 0 Å². The van der Waals surface area contributed by atoms with E-state index in [-0.39, 0.29) is 16.5 Å². The Morgan fingerprint density at radius 3 is 2.81 bits per heavy atom. The van der Waals surface area contributed by atoms with Gasteiger partial charge in [0, 0.05) is 30.1 Å². The minimum Gasteiger partial charge on any atom is -0.361 e. The molecule has 82 valence electrons. The molecule has 2 aromatic heterocycles. The molecule has 2 aromatic rings. The van der Waals surface area contributed by atoms with E-state index in [1.807, 2.05) is 6.92 Å². The first kappa shape index (κ1) is 9.39. The fourth-order valence-electron chi connectivity index (χ4n) is 1.99. The molecular formula is C12H12N2O2. The lowest BCUT2D eigenvalue weighted by molar-refractivity contribution is 0.516. The van der Waals surface area contributed by atoms with Crippen molar-refractivity contribution in [3.63, 3.8) is 0 Å². The van der Waals surface area contributed by atoms with Gasteiger partial charge in [0.2, 0.25) is 0 Å². The Hall–Kier alpha value is -1.84. The molecular weight excluding hydrogens is 204 g/mol. The minimum atomic E-state index is -0.0758. The Labute approximate surface area is 91.5 Å². The van der Waals surface area contributed by atoms with E-state index in [2.05, 4.69) is 4.98 Å². The van der Waals surface area contributed by atoms with Crippen molar-refractivity contribution in [1.29, 1.82) is 0 Å². The van der Waals surface area contributed by atoms with Crippen molar-refractivity contribution in [3.8, 4) is 0 Å². The summed E-state index contributed by atoms with van der Waals surface area (Å²) in [5.74, 6) is 0. The van der Waals surface area contributed by atoms with Crippen LogP contribution < -0.4 is 11.0 Å². The van der Waals surface area contributed by atoms with Gasteiger partial charge >= 0.3 is 0 Å². The van der Waals surface area contributed by atoms with Gasteiger partial charge in [-0.1, -0.05) is 0 Å². The third-order valence-electron chi connectivity index (χ3n) is 3.35. The number of nitrogens with zero attached hydrogens (tertiary/aromatic N) is 1. The molecule has 4 heteroatoms. The SMILES string of the molecule is CC1(n2cc3c(=O)cc[nH]c3cc2=O)CC1.